The summed E-state index contributed by atoms with van der Waals surface area (Å²) in [7, 11) is -4.39. The Morgan fingerprint density at radius 3 is 1.00 bits per heavy atom. The third-order valence-corrected chi connectivity index (χ3v) is 17.0. The fraction of sp³-hybridized carbons (Fsp3) is 0.861. The van der Waals surface area contributed by atoms with Gasteiger partial charge in [0.25, 0.3) is 0 Å². The number of hydrogen-bond donors (Lipinski definition) is 2. The molecule has 2 atom stereocenters. The molecule has 482 valence electrons. The van der Waals surface area contributed by atoms with Gasteiger partial charge in [-0.1, -0.05) is 351 Å². The van der Waals surface area contributed by atoms with E-state index in [9.17, 15) is 19.0 Å². The molecule has 0 amide bonds. The first-order chi connectivity index (χ1) is 40.3. The standard InChI is InChI=1S/C72H136NO8P/c1-3-5-7-9-11-13-15-17-19-21-23-25-27-29-31-33-34-35-36-37-39-41-43-45-47-49-51-53-55-57-59-61-63-65-72(75)81-70(69-80-82(76,77)79-67-66-73)68-78-71(74)64-62-60-58-56-54-52-50-48-46-44-42-40-38-32-30-28-26-24-22-20-18-16-14-12-10-8-6-4-2/h5,7,11,13,17,19,23,25,70H,3-4,6,8-10,12,14-16,18,20-22,24,26-69,73H2,1-2H3,(H,76,77)/b7-5-,13-11-,19-17-,25-23-. The van der Waals surface area contributed by atoms with Crippen molar-refractivity contribution in [2.45, 2.75) is 373 Å². The van der Waals surface area contributed by atoms with Gasteiger partial charge in [-0.3, -0.25) is 18.6 Å². The number of carbonyl (C=O) groups is 2. The molecule has 2 unspecified atom stereocenters. The maximum absolute atomic E-state index is 12.8. The number of ether oxygens (including phenoxy) is 2. The second kappa shape index (κ2) is 68.1. The zero-order valence-electron chi connectivity index (χ0n) is 54.2. The molecule has 0 aliphatic carbocycles. The first kappa shape index (κ1) is 80.0. The van der Waals surface area contributed by atoms with E-state index in [1.54, 1.807) is 0 Å². The molecule has 0 spiro atoms. The van der Waals surface area contributed by atoms with Crippen LogP contribution in [0, 0.1) is 0 Å². The van der Waals surface area contributed by atoms with Gasteiger partial charge in [0.2, 0.25) is 0 Å². The number of allylic oxidation sites excluding steroid dienone is 8. The second-order valence-corrected chi connectivity index (χ2v) is 25.5. The smallest absolute Gasteiger partial charge is 0.462 e. The summed E-state index contributed by atoms with van der Waals surface area (Å²) < 4.78 is 33.2. The average molecular weight is 1170 g/mol. The third-order valence-electron chi connectivity index (χ3n) is 16.0. The lowest BCUT2D eigenvalue weighted by Gasteiger charge is -2.19. The maximum atomic E-state index is 12.8. The minimum Gasteiger partial charge on any atom is -0.462 e. The highest BCUT2D eigenvalue weighted by molar-refractivity contribution is 7.47. The topological polar surface area (TPSA) is 134 Å². The van der Waals surface area contributed by atoms with Crippen LogP contribution >= 0.6 is 7.82 Å². The van der Waals surface area contributed by atoms with Gasteiger partial charge in [-0.05, 0) is 51.4 Å². The first-order valence-electron chi connectivity index (χ1n) is 35.6. The molecule has 10 heteroatoms. The number of phosphoric ester groups is 1. The Labute approximate surface area is 508 Å². The highest BCUT2D eigenvalue weighted by Gasteiger charge is 2.26. The van der Waals surface area contributed by atoms with Crippen LogP contribution < -0.4 is 5.73 Å². The van der Waals surface area contributed by atoms with E-state index >= 15 is 0 Å². The quantitative estimate of drug-likeness (QED) is 0.0264. The molecule has 0 fully saturated rings. The Morgan fingerprint density at radius 2 is 0.671 bits per heavy atom. The predicted octanol–water partition coefficient (Wildman–Crippen LogP) is 23.3. The van der Waals surface area contributed by atoms with Crippen LogP contribution in [0.25, 0.3) is 0 Å². The summed E-state index contributed by atoms with van der Waals surface area (Å²) in [5.41, 5.74) is 5.41. The van der Waals surface area contributed by atoms with Crippen molar-refractivity contribution in [2.75, 3.05) is 26.4 Å². The molecule has 0 aromatic carbocycles. The molecule has 0 aromatic rings. The van der Waals surface area contributed by atoms with Crippen molar-refractivity contribution in [2.24, 2.45) is 5.73 Å². The number of rotatable bonds is 68. The molecule has 82 heavy (non-hydrogen) atoms. The van der Waals surface area contributed by atoms with Gasteiger partial charge >= 0.3 is 19.8 Å². The van der Waals surface area contributed by atoms with E-state index < -0.39 is 26.5 Å². The van der Waals surface area contributed by atoms with E-state index in [-0.39, 0.29) is 38.6 Å². The van der Waals surface area contributed by atoms with Crippen LogP contribution in [-0.2, 0) is 32.7 Å². The van der Waals surface area contributed by atoms with Crippen LogP contribution in [0.5, 0.6) is 0 Å². The second-order valence-electron chi connectivity index (χ2n) is 24.1. The lowest BCUT2D eigenvalue weighted by atomic mass is 10.0. The highest BCUT2D eigenvalue weighted by Crippen LogP contribution is 2.43. The van der Waals surface area contributed by atoms with Crippen molar-refractivity contribution >= 4 is 19.8 Å². The summed E-state index contributed by atoms with van der Waals surface area (Å²) >= 11 is 0. The van der Waals surface area contributed by atoms with E-state index in [1.165, 1.54) is 276 Å². The van der Waals surface area contributed by atoms with Gasteiger partial charge in [0.05, 0.1) is 13.2 Å². The lowest BCUT2D eigenvalue weighted by Crippen LogP contribution is -2.29. The van der Waals surface area contributed by atoms with Gasteiger partial charge in [0.1, 0.15) is 6.61 Å². The molecule has 0 rings (SSSR count). The van der Waals surface area contributed by atoms with Crippen molar-refractivity contribution in [3.05, 3.63) is 48.6 Å². The SMILES string of the molecule is CC/C=C\C/C=C\C/C=C\C/C=C\CCCCCCCCCCCCCCCCCCCCCCC(=O)OC(COC(=O)CCCCCCCCCCCCCCCCCCCCCCCCCCCCCC)COP(=O)(O)OCCN. The van der Waals surface area contributed by atoms with Crippen LogP contribution in [-0.4, -0.2) is 49.3 Å². The first-order valence-corrected chi connectivity index (χ1v) is 37.1. The van der Waals surface area contributed by atoms with Crippen molar-refractivity contribution in [1.82, 2.24) is 0 Å². The van der Waals surface area contributed by atoms with Crippen molar-refractivity contribution < 1.29 is 37.6 Å². The lowest BCUT2D eigenvalue weighted by molar-refractivity contribution is -0.161. The van der Waals surface area contributed by atoms with E-state index in [1.807, 2.05) is 0 Å². The van der Waals surface area contributed by atoms with Gasteiger partial charge < -0.3 is 20.1 Å². The number of phosphoric acid groups is 1. The van der Waals surface area contributed by atoms with Crippen LogP contribution in [0.1, 0.15) is 367 Å². The molecule has 0 saturated heterocycles. The molecule has 0 aromatic heterocycles. The fourth-order valence-electron chi connectivity index (χ4n) is 10.8. The molecule has 3 N–H and O–H groups in total. The fourth-order valence-corrected chi connectivity index (χ4v) is 11.5. The molecular formula is C72H136NO8P. The van der Waals surface area contributed by atoms with Gasteiger partial charge in [0.15, 0.2) is 6.10 Å². The van der Waals surface area contributed by atoms with Crippen molar-refractivity contribution in [3.63, 3.8) is 0 Å². The molecule has 0 radical (unpaired) electrons. The highest BCUT2D eigenvalue weighted by atomic mass is 31.2. The summed E-state index contributed by atoms with van der Waals surface area (Å²) in [6, 6.07) is 0. The zero-order valence-corrected chi connectivity index (χ0v) is 55.1. The maximum Gasteiger partial charge on any atom is 0.472 e. The number of unbranched alkanes of at least 4 members (excludes halogenated alkanes) is 47. The Bertz CT molecular complexity index is 1480. The van der Waals surface area contributed by atoms with Crippen molar-refractivity contribution in [3.8, 4) is 0 Å². The van der Waals surface area contributed by atoms with Crippen molar-refractivity contribution in [1.29, 1.82) is 0 Å². The number of nitrogens with two attached hydrogens (primary N) is 1. The normalized spacial score (nSPS) is 13.2. The molecule has 0 saturated carbocycles. The Morgan fingerprint density at radius 1 is 0.378 bits per heavy atom. The van der Waals surface area contributed by atoms with Gasteiger partial charge in [-0.15, -0.1) is 0 Å². The number of hydrogen-bond acceptors (Lipinski definition) is 8. The van der Waals surface area contributed by atoms with E-state index in [0.29, 0.717) is 6.42 Å². The van der Waals surface area contributed by atoms with Gasteiger partial charge in [0, 0.05) is 19.4 Å². The average Bonchev–Trinajstić information content (AvgIpc) is 3.47. The Balaban J connectivity index is 3.81. The van der Waals surface area contributed by atoms with E-state index in [2.05, 4.69) is 62.5 Å². The van der Waals surface area contributed by atoms with Gasteiger partial charge in [-0.25, -0.2) is 4.57 Å². The zero-order chi connectivity index (χ0) is 59.4. The van der Waals surface area contributed by atoms with Crippen LogP contribution in [0.15, 0.2) is 48.6 Å². The molecule has 0 bridgehead atoms. The summed E-state index contributed by atoms with van der Waals surface area (Å²) in [5.74, 6) is -0.804. The van der Waals surface area contributed by atoms with Crippen LogP contribution in [0.2, 0.25) is 0 Å². The van der Waals surface area contributed by atoms with E-state index in [0.717, 1.165) is 57.8 Å². The Kier molecular flexibility index (Phi) is 66.4. The minimum atomic E-state index is -4.39. The van der Waals surface area contributed by atoms with Crippen LogP contribution in [0.3, 0.4) is 0 Å². The molecular weight excluding hydrogens is 1040 g/mol. The summed E-state index contributed by atoms with van der Waals surface area (Å²) in [6.45, 7) is 3.71. The molecule has 0 heterocycles. The number of esters is 2. The third kappa shape index (κ3) is 67.1. The Hall–Kier alpha value is -2.03. The largest absolute Gasteiger partial charge is 0.472 e. The van der Waals surface area contributed by atoms with E-state index in [4.69, 9.17) is 24.3 Å². The predicted molar refractivity (Wildman–Crippen MR) is 353 cm³/mol. The molecule has 0 aliphatic heterocycles. The summed E-state index contributed by atoms with van der Waals surface area (Å²) in [6.07, 6.45) is 86.5. The molecule has 0 aliphatic rings. The van der Waals surface area contributed by atoms with Gasteiger partial charge in [-0.2, -0.15) is 0 Å². The number of carbonyl (C=O) groups excluding carboxylic acids is 2. The van der Waals surface area contributed by atoms with Crippen LogP contribution in [0.4, 0.5) is 0 Å². The summed E-state index contributed by atoms with van der Waals surface area (Å²) in [4.78, 5) is 35.4. The monoisotopic (exact) mass is 1170 g/mol. The molecule has 9 nitrogen and oxygen atoms in total. The minimum absolute atomic E-state index is 0.0559. The summed E-state index contributed by atoms with van der Waals surface area (Å²) in [5, 5.41) is 0.